The van der Waals surface area contributed by atoms with Gasteiger partial charge in [-0.2, -0.15) is 13.2 Å². The van der Waals surface area contributed by atoms with Crippen molar-refractivity contribution in [3.05, 3.63) is 52.4 Å². The van der Waals surface area contributed by atoms with Crippen molar-refractivity contribution >= 4 is 40.3 Å². The van der Waals surface area contributed by atoms with Crippen LogP contribution in [0.1, 0.15) is 11.3 Å². The second kappa shape index (κ2) is 7.88. The topological polar surface area (TPSA) is 62.7 Å². The number of likely N-dealkylation sites (N-methyl/N-ethyl adjacent to an activating group) is 1. The van der Waals surface area contributed by atoms with Gasteiger partial charge in [-0.1, -0.05) is 11.6 Å². The number of aromatic nitrogens is 1. The number of anilines is 2. The summed E-state index contributed by atoms with van der Waals surface area (Å²) in [7, 11) is 1.37. The van der Waals surface area contributed by atoms with Gasteiger partial charge in [0.15, 0.2) is 6.04 Å². The molecule has 1 aliphatic heterocycles. The number of rotatable bonds is 3. The van der Waals surface area contributed by atoms with Crippen molar-refractivity contribution in [3.63, 3.8) is 0 Å². The van der Waals surface area contributed by atoms with Gasteiger partial charge in [-0.15, -0.1) is 0 Å². The predicted octanol–water partition coefficient (Wildman–Crippen LogP) is 3.65. The van der Waals surface area contributed by atoms with E-state index in [0.29, 0.717) is 6.07 Å². The smallest absolute Gasteiger partial charge is 0.314 e. The summed E-state index contributed by atoms with van der Waals surface area (Å²) in [6.45, 7) is 1.02. The monoisotopic (exact) mass is 451 g/mol. The summed E-state index contributed by atoms with van der Waals surface area (Å²) in [5.74, 6) is -1.63. The van der Waals surface area contributed by atoms with Gasteiger partial charge < -0.3 is 4.90 Å². The van der Waals surface area contributed by atoms with Gasteiger partial charge in [-0.05, 0) is 37.3 Å². The Kier molecular flexibility index (Phi) is 5.84. The molecule has 2 unspecified atom stereocenters. The van der Waals surface area contributed by atoms with Gasteiger partial charge in [0.05, 0.1) is 17.2 Å². The van der Waals surface area contributed by atoms with Gasteiger partial charge in [0.2, 0.25) is 0 Å². The molecule has 12 heteroatoms. The third-order valence-electron chi connectivity index (χ3n) is 4.17. The molecule has 29 heavy (non-hydrogen) atoms. The number of hydrogen-bond donors (Lipinski definition) is 0. The fourth-order valence-electron chi connectivity index (χ4n) is 2.73. The number of hydrogen-bond acceptors (Lipinski definition) is 4. The number of nitrogens with zero attached hydrogens (tertiary/aromatic N) is 3. The van der Waals surface area contributed by atoms with Crippen LogP contribution in [0.4, 0.5) is 29.1 Å². The van der Waals surface area contributed by atoms with E-state index in [0.717, 1.165) is 21.3 Å². The van der Waals surface area contributed by atoms with Crippen molar-refractivity contribution in [2.75, 3.05) is 22.9 Å². The minimum absolute atomic E-state index is 0.0311. The second-order valence-electron chi connectivity index (χ2n) is 6.19. The highest BCUT2D eigenvalue weighted by Crippen LogP contribution is 2.34. The molecular formula is C17H14ClF4N3O3S. The first-order valence-electron chi connectivity index (χ1n) is 8.12. The standard InChI is InChI=1S/C17H14ClF4N3O3S/c1-9-5-10(17(20,21)22)6-15(23-9)25-14(8-28-29(25)27)16(26)24(2)11-3-4-13(19)12(18)7-11/h3-7,14H,8H2,1-2H3. The molecule has 1 fully saturated rings. The van der Waals surface area contributed by atoms with Crippen molar-refractivity contribution in [2.24, 2.45) is 0 Å². The minimum atomic E-state index is -4.65. The molecule has 156 valence electrons. The third-order valence-corrected chi connectivity index (χ3v) is 5.56. The van der Waals surface area contributed by atoms with Crippen LogP contribution in [0.3, 0.4) is 0 Å². The zero-order valence-corrected chi connectivity index (χ0v) is 16.6. The fourth-order valence-corrected chi connectivity index (χ4v) is 3.87. The highest BCUT2D eigenvalue weighted by atomic mass is 35.5. The Hall–Kier alpha value is -2.24. The number of pyridine rings is 1. The fraction of sp³-hybridized carbons (Fsp3) is 0.294. The number of alkyl halides is 3. The third kappa shape index (κ3) is 4.36. The SMILES string of the molecule is Cc1cc(C(F)(F)F)cc(N2C(C(=O)N(C)c3ccc(F)c(Cl)c3)COS2=O)n1. The summed E-state index contributed by atoms with van der Waals surface area (Å²) in [6.07, 6.45) is -4.65. The first-order chi connectivity index (χ1) is 13.5. The van der Waals surface area contributed by atoms with E-state index in [2.05, 4.69) is 4.98 Å². The molecule has 0 N–H and O–H groups in total. The summed E-state index contributed by atoms with van der Waals surface area (Å²) in [6, 6.07) is 3.93. The molecule has 2 atom stereocenters. The second-order valence-corrected chi connectivity index (χ2v) is 7.66. The molecule has 0 spiro atoms. The van der Waals surface area contributed by atoms with Crippen LogP contribution in [0.5, 0.6) is 0 Å². The molecule has 0 radical (unpaired) electrons. The van der Waals surface area contributed by atoms with Gasteiger partial charge in [0, 0.05) is 18.4 Å². The average molecular weight is 452 g/mol. The van der Waals surface area contributed by atoms with E-state index >= 15 is 0 Å². The Labute approximate surface area is 170 Å². The number of aryl methyl sites for hydroxylation is 1. The van der Waals surface area contributed by atoms with Crippen molar-refractivity contribution in [2.45, 2.75) is 19.1 Å². The minimum Gasteiger partial charge on any atom is -0.314 e. The lowest BCUT2D eigenvalue weighted by Crippen LogP contribution is -2.46. The van der Waals surface area contributed by atoms with Crippen molar-refractivity contribution in [3.8, 4) is 0 Å². The normalized spacial score (nSPS) is 19.5. The van der Waals surface area contributed by atoms with Crippen LogP contribution in [0, 0.1) is 12.7 Å². The summed E-state index contributed by atoms with van der Waals surface area (Å²) in [5, 5.41) is -0.208. The van der Waals surface area contributed by atoms with Crippen LogP contribution in [0.2, 0.25) is 5.02 Å². The van der Waals surface area contributed by atoms with Gasteiger partial charge in [0.25, 0.3) is 17.2 Å². The molecule has 0 aliphatic carbocycles. The van der Waals surface area contributed by atoms with Crippen molar-refractivity contribution in [1.82, 2.24) is 4.98 Å². The molecule has 6 nitrogen and oxygen atoms in total. The number of amides is 1. The molecule has 1 amide bonds. The summed E-state index contributed by atoms with van der Waals surface area (Å²) < 4.78 is 70.9. The summed E-state index contributed by atoms with van der Waals surface area (Å²) >= 11 is 3.52. The van der Waals surface area contributed by atoms with E-state index in [1.807, 2.05) is 0 Å². The lowest BCUT2D eigenvalue weighted by Gasteiger charge is -2.26. The molecule has 1 saturated heterocycles. The maximum Gasteiger partial charge on any atom is 0.416 e. The van der Waals surface area contributed by atoms with E-state index in [4.69, 9.17) is 15.8 Å². The first kappa shape index (κ1) is 21.5. The zero-order valence-electron chi connectivity index (χ0n) is 15.0. The number of carbonyl (C=O) groups excluding carboxylic acids is 1. The van der Waals surface area contributed by atoms with Gasteiger partial charge in [0.1, 0.15) is 11.6 Å². The largest absolute Gasteiger partial charge is 0.416 e. The molecule has 0 saturated carbocycles. The van der Waals surface area contributed by atoms with E-state index in [1.54, 1.807) is 0 Å². The lowest BCUT2D eigenvalue weighted by molar-refractivity contribution is -0.137. The zero-order chi connectivity index (χ0) is 21.5. The van der Waals surface area contributed by atoms with Crippen LogP contribution in [-0.4, -0.2) is 34.8 Å². The highest BCUT2D eigenvalue weighted by Gasteiger charge is 2.42. The first-order valence-corrected chi connectivity index (χ1v) is 9.53. The quantitative estimate of drug-likeness (QED) is 0.668. The maximum absolute atomic E-state index is 13.4. The van der Waals surface area contributed by atoms with E-state index in [1.165, 1.54) is 26.1 Å². The maximum atomic E-state index is 13.4. The van der Waals surface area contributed by atoms with E-state index in [-0.39, 0.29) is 28.8 Å². The van der Waals surface area contributed by atoms with Crippen LogP contribution in [-0.2, 0) is 26.4 Å². The molecular weight excluding hydrogens is 438 g/mol. The van der Waals surface area contributed by atoms with Crippen LogP contribution in [0.25, 0.3) is 0 Å². The Morgan fingerprint density at radius 1 is 1.34 bits per heavy atom. The molecule has 0 bridgehead atoms. The van der Waals surface area contributed by atoms with Crippen LogP contribution >= 0.6 is 11.6 Å². The van der Waals surface area contributed by atoms with Crippen molar-refractivity contribution in [1.29, 1.82) is 0 Å². The van der Waals surface area contributed by atoms with Crippen molar-refractivity contribution < 1.29 is 30.7 Å². The Balaban J connectivity index is 1.95. The number of carbonyl (C=O) groups is 1. The molecule has 3 rings (SSSR count). The van der Waals surface area contributed by atoms with E-state index in [9.17, 15) is 26.6 Å². The Morgan fingerprint density at radius 3 is 2.66 bits per heavy atom. The molecule has 2 heterocycles. The number of halogens is 5. The van der Waals surface area contributed by atoms with E-state index < -0.39 is 40.8 Å². The van der Waals surface area contributed by atoms with Gasteiger partial charge in [-0.25, -0.2) is 17.9 Å². The van der Waals surface area contributed by atoms with Gasteiger partial charge in [-0.3, -0.25) is 8.98 Å². The molecule has 1 aromatic carbocycles. The highest BCUT2D eigenvalue weighted by molar-refractivity contribution is 7.82. The molecule has 1 aromatic heterocycles. The average Bonchev–Trinajstić information content (AvgIpc) is 3.03. The Bertz CT molecular complexity index is 989. The summed E-state index contributed by atoms with van der Waals surface area (Å²) in [4.78, 5) is 18.0. The number of benzene rings is 1. The summed E-state index contributed by atoms with van der Waals surface area (Å²) in [5.41, 5.74) is -0.718. The molecule has 2 aromatic rings. The van der Waals surface area contributed by atoms with Crippen LogP contribution < -0.4 is 9.21 Å². The Morgan fingerprint density at radius 2 is 2.03 bits per heavy atom. The molecule has 1 aliphatic rings. The van der Waals surface area contributed by atoms with Gasteiger partial charge >= 0.3 is 6.18 Å². The predicted molar refractivity (Wildman–Crippen MR) is 99.2 cm³/mol. The van der Waals surface area contributed by atoms with Crippen LogP contribution in [0.15, 0.2) is 30.3 Å². The lowest BCUT2D eigenvalue weighted by atomic mass is 10.2.